The smallest absolute Gasteiger partial charge is 0.0332 e. The summed E-state index contributed by atoms with van der Waals surface area (Å²) in [7, 11) is 0. The molecule has 0 saturated carbocycles. The summed E-state index contributed by atoms with van der Waals surface area (Å²) in [6.45, 7) is 11.2. The summed E-state index contributed by atoms with van der Waals surface area (Å²) in [4.78, 5) is 0. The highest BCUT2D eigenvalue weighted by Gasteiger charge is 2.10. The van der Waals surface area contributed by atoms with Gasteiger partial charge < -0.3 is 9.88 Å². The molecule has 0 aliphatic rings. The van der Waals surface area contributed by atoms with Crippen LogP contribution in [0.5, 0.6) is 0 Å². The summed E-state index contributed by atoms with van der Waals surface area (Å²) in [5.41, 5.74) is 1.43. The van der Waals surface area contributed by atoms with Gasteiger partial charge in [-0.15, -0.1) is 0 Å². The molecule has 2 heteroatoms. The lowest BCUT2D eigenvalue weighted by Gasteiger charge is -2.15. The normalized spacial score (nSPS) is 13.2. The van der Waals surface area contributed by atoms with E-state index in [0.717, 1.165) is 25.4 Å². The number of nitrogens with one attached hydrogen (secondary N) is 1. The maximum Gasteiger partial charge on any atom is 0.0332 e. The van der Waals surface area contributed by atoms with Crippen molar-refractivity contribution in [3.05, 3.63) is 24.0 Å². The Morgan fingerprint density at radius 3 is 2.35 bits per heavy atom. The van der Waals surface area contributed by atoms with Gasteiger partial charge in [-0.1, -0.05) is 40.5 Å². The first-order valence-corrected chi connectivity index (χ1v) is 7.14. The van der Waals surface area contributed by atoms with Gasteiger partial charge in [0.05, 0.1) is 0 Å². The van der Waals surface area contributed by atoms with Crippen LogP contribution < -0.4 is 5.32 Å². The fourth-order valence-electron chi connectivity index (χ4n) is 2.37. The van der Waals surface area contributed by atoms with E-state index in [2.05, 4.69) is 56.0 Å². The van der Waals surface area contributed by atoms with Crippen molar-refractivity contribution in [1.82, 2.24) is 9.88 Å². The Morgan fingerprint density at radius 1 is 1.12 bits per heavy atom. The molecule has 0 aliphatic heterocycles. The van der Waals surface area contributed by atoms with Crippen molar-refractivity contribution in [2.45, 2.75) is 59.5 Å². The topological polar surface area (TPSA) is 17.0 Å². The van der Waals surface area contributed by atoms with E-state index in [4.69, 9.17) is 0 Å². The van der Waals surface area contributed by atoms with Crippen LogP contribution in [0.3, 0.4) is 0 Å². The number of hydrogen-bond acceptors (Lipinski definition) is 1. The van der Waals surface area contributed by atoms with E-state index in [9.17, 15) is 0 Å². The molecule has 1 rings (SSSR count). The third-order valence-electron chi connectivity index (χ3n) is 3.66. The zero-order valence-corrected chi connectivity index (χ0v) is 11.9. The summed E-state index contributed by atoms with van der Waals surface area (Å²) in [6.07, 6.45) is 8.24. The van der Waals surface area contributed by atoms with Crippen molar-refractivity contribution in [1.29, 1.82) is 0 Å². The minimum Gasteiger partial charge on any atom is -0.354 e. The van der Waals surface area contributed by atoms with E-state index in [0.29, 0.717) is 6.04 Å². The van der Waals surface area contributed by atoms with Gasteiger partial charge >= 0.3 is 0 Å². The van der Waals surface area contributed by atoms with Crippen LogP contribution in [0.4, 0.5) is 0 Å². The summed E-state index contributed by atoms with van der Waals surface area (Å²) in [5, 5.41) is 3.53. The lowest BCUT2D eigenvalue weighted by Crippen LogP contribution is -2.19. The Labute approximate surface area is 106 Å². The van der Waals surface area contributed by atoms with E-state index < -0.39 is 0 Å². The molecule has 0 amide bonds. The Bertz CT molecular complexity index is 300. The van der Waals surface area contributed by atoms with E-state index in [-0.39, 0.29) is 0 Å². The summed E-state index contributed by atoms with van der Waals surface area (Å²) >= 11 is 0. The highest BCUT2D eigenvalue weighted by atomic mass is 15.0. The zero-order valence-electron chi connectivity index (χ0n) is 11.9. The van der Waals surface area contributed by atoms with Gasteiger partial charge in [0.15, 0.2) is 0 Å². The molecule has 2 nitrogen and oxygen atoms in total. The molecule has 1 atom stereocenters. The van der Waals surface area contributed by atoms with Gasteiger partial charge in [0.2, 0.25) is 0 Å². The maximum absolute atomic E-state index is 3.53. The molecule has 0 aliphatic carbocycles. The monoisotopic (exact) mass is 236 g/mol. The SMILES string of the molecule is CCNC(CC)c1ccn(CC(CC)CC)c1. The molecule has 0 aromatic carbocycles. The van der Waals surface area contributed by atoms with Crippen LogP contribution in [0.25, 0.3) is 0 Å². The number of aromatic nitrogens is 1. The van der Waals surface area contributed by atoms with Crippen LogP contribution in [-0.2, 0) is 6.54 Å². The quantitative estimate of drug-likeness (QED) is 0.722. The van der Waals surface area contributed by atoms with Crippen molar-refractivity contribution in [3.8, 4) is 0 Å². The van der Waals surface area contributed by atoms with Crippen molar-refractivity contribution < 1.29 is 0 Å². The minimum atomic E-state index is 0.517. The van der Waals surface area contributed by atoms with Crippen molar-refractivity contribution in [2.75, 3.05) is 6.54 Å². The summed E-state index contributed by atoms with van der Waals surface area (Å²) < 4.78 is 2.35. The predicted octanol–water partition coefficient (Wildman–Crippen LogP) is 3.98. The number of nitrogens with zero attached hydrogens (tertiary/aromatic N) is 1. The molecular formula is C15H28N2. The average Bonchev–Trinajstić information content (AvgIpc) is 2.81. The van der Waals surface area contributed by atoms with Crippen LogP contribution in [0.15, 0.2) is 18.5 Å². The lowest BCUT2D eigenvalue weighted by molar-refractivity contribution is 0.418. The highest BCUT2D eigenvalue weighted by Crippen LogP contribution is 2.18. The predicted molar refractivity (Wildman–Crippen MR) is 75.2 cm³/mol. The molecule has 1 heterocycles. The fourth-order valence-corrected chi connectivity index (χ4v) is 2.37. The molecule has 98 valence electrons. The van der Waals surface area contributed by atoms with Crippen LogP contribution in [-0.4, -0.2) is 11.1 Å². The third kappa shape index (κ3) is 4.19. The highest BCUT2D eigenvalue weighted by molar-refractivity contribution is 5.15. The van der Waals surface area contributed by atoms with Gasteiger partial charge in [0.1, 0.15) is 0 Å². The Hall–Kier alpha value is -0.760. The number of hydrogen-bond donors (Lipinski definition) is 1. The first-order chi connectivity index (χ1) is 8.24. The minimum absolute atomic E-state index is 0.517. The Balaban J connectivity index is 2.63. The summed E-state index contributed by atoms with van der Waals surface area (Å²) in [6, 6.07) is 2.78. The van der Waals surface area contributed by atoms with Crippen molar-refractivity contribution in [3.63, 3.8) is 0 Å². The molecule has 0 fully saturated rings. The van der Waals surface area contributed by atoms with E-state index in [1.54, 1.807) is 0 Å². The lowest BCUT2D eigenvalue weighted by atomic mass is 10.0. The molecule has 1 N–H and O–H groups in total. The second kappa shape index (κ2) is 7.54. The van der Waals surface area contributed by atoms with E-state index in [1.807, 2.05) is 0 Å². The summed E-state index contributed by atoms with van der Waals surface area (Å²) in [5.74, 6) is 0.814. The van der Waals surface area contributed by atoms with Crippen molar-refractivity contribution >= 4 is 0 Å². The fraction of sp³-hybridized carbons (Fsp3) is 0.733. The second-order valence-corrected chi connectivity index (χ2v) is 4.84. The van der Waals surface area contributed by atoms with Crippen LogP contribution in [0.1, 0.15) is 58.6 Å². The molecule has 0 saturated heterocycles. The zero-order chi connectivity index (χ0) is 12.7. The molecule has 1 aromatic rings. The first kappa shape index (κ1) is 14.3. The Morgan fingerprint density at radius 2 is 1.82 bits per heavy atom. The second-order valence-electron chi connectivity index (χ2n) is 4.84. The molecular weight excluding hydrogens is 208 g/mol. The van der Waals surface area contributed by atoms with Crippen LogP contribution >= 0.6 is 0 Å². The average molecular weight is 236 g/mol. The molecule has 0 bridgehead atoms. The standard InChI is InChI=1S/C15H28N2/c1-5-13(6-2)11-17-10-9-14(12-17)15(7-3)16-8-4/h9-10,12-13,15-16H,5-8,11H2,1-4H3. The molecule has 1 aromatic heterocycles. The first-order valence-electron chi connectivity index (χ1n) is 7.14. The molecule has 0 spiro atoms. The van der Waals surface area contributed by atoms with Gasteiger partial charge in [-0.05, 0) is 30.5 Å². The largest absolute Gasteiger partial charge is 0.354 e. The van der Waals surface area contributed by atoms with Crippen molar-refractivity contribution in [2.24, 2.45) is 5.92 Å². The molecule has 17 heavy (non-hydrogen) atoms. The number of rotatable bonds is 8. The van der Waals surface area contributed by atoms with Gasteiger partial charge in [0.25, 0.3) is 0 Å². The maximum atomic E-state index is 3.53. The van der Waals surface area contributed by atoms with Gasteiger partial charge in [-0.25, -0.2) is 0 Å². The Kier molecular flexibility index (Phi) is 6.35. The van der Waals surface area contributed by atoms with Gasteiger partial charge in [-0.3, -0.25) is 0 Å². The van der Waals surface area contributed by atoms with Crippen LogP contribution in [0, 0.1) is 5.92 Å². The third-order valence-corrected chi connectivity index (χ3v) is 3.66. The molecule has 0 radical (unpaired) electrons. The van der Waals surface area contributed by atoms with E-state index in [1.165, 1.54) is 18.4 Å². The van der Waals surface area contributed by atoms with Gasteiger partial charge in [-0.2, -0.15) is 0 Å². The van der Waals surface area contributed by atoms with Crippen LogP contribution in [0.2, 0.25) is 0 Å². The molecule has 1 unspecified atom stereocenters. The van der Waals surface area contributed by atoms with E-state index >= 15 is 0 Å². The van der Waals surface area contributed by atoms with Gasteiger partial charge in [0, 0.05) is 25.0 Å².